The second-order valence-corrected chi connectivity index (χ2v) is 8.20. The average Bonchev–Trinajstić information content (AvgIpc) is 2.93. The highest BCUT2D eigenvalue weighted by molar-refractivity contribution is 5.86. The summed E-state index contributed by atoms with van der Waals surface area (Å²) < 4.78 is 5.47. The summed E-state index contributed by atoms with van der Waals surface area (Å²) in [6.07, 6.45) is 3.86. The molecular formula is C21H28N2O. The Morgan fingerprint density at radius 1 is 1.33 bits per heavy atom. The molecule has 0 amide bonds. The Labute approximate surface area is 144 Å². The van der Waals surface area contributed by atoms with E-state index in [1.165, 1.54) is 43.3 Å². The zero-order valence-electron chi connectivity index (χ0n) is 15.0. The van der Waals surface area contributed by atoms with E-state index in [2.05, 4.69) is 41.9 Å². The fourth-order valence-electron chi connectivity index (χ4n) is 6.19. The molecule has 4 bridgehead atoms. The van der Waals surface area contributed by atoms with Gasteiger partial charge in [0.1, 0.15) is 5.75 Å². The Balaban J connectivity index is 1.66. The lowest BCUT2D eigenvalue weighted by Gasteiger charge is -2.56. The molecule has 6 unspecified atom stereocenters. The van der Waals surface area contributed by atoms with Gasteiger partial charge in [-0.1, -0.05) is 20.3 Å². The van der Waals surface area contributed by atoms with Crippen LogP contribution in [-0.2, 0) is 6.42 Å². The van der Waals surface area contributed by atoms with Gasteiger partial charge in [0, 0.05) is 41.6 Å². The SMILES string of the molecule is CCC1C(C)C2CC3c4[nH]c5ccc(OC)cc5c4CCN(C2)C31. The standard InChI is InChI=1S/C21H28N2O/c1-4-15-12(2)13-9-18-20-16(7-8-23(11-13)21(15)18)17-10-14(24-3)5-6-19(17)22-20/h5-6,10,12-13,15,18,21-22H,4,7-9,11H2,1-3H3. The van der Waals surface area contributed by atoms with Crippen molar-refractivity contribution < 1.29 is 4.74 Å². The van der Waals surface area contributed by atoms with Crippen LogP contribution in [0.25, 0.3) is 10.9 Å². The minimum Gasteiger partial charge on any atom is -0.497 e. The van der Waals surface area contributed by atoms with Gasteiger partial charge in [0.15, 0.2) is 0 Å². The maximum atomic E-state index is 5.47. The number of H-pyrrole nitrogens is 1. The van der Waals surface area contributed by atoms with Gasteiger partial charge in [-0.3, -0.25) is 4.90 Å². The summed E-state index contributed by atoms with van der Waals surface area (Å²) in [5.41, 5.74) is 4.39. The van der Waals surface area contributed by atoms with E-state index < -0.39 is 0 Å². The molecule has 128 valence electrons. The molecule has 0 spiro atoms. The summed E-state index contributed by atoms with van der Waals surface area (Å²) in [4.78, 5) is 6.65. The lowest BCUT2D eigenvalue weighted by Crippen LogP contribution is -2.59. The average molecular weight is 324 g/mol. The molecule has 3 nitrogen and oxygen atoms in total. The number of fused-ring (bicyclic) bond motifs is 4. The molecular weight excluding hydrogens is 296 g/mol. The van der Waals surface area contributed by atoms with Crippen molar-refractivity contribution in [3.8, 4) is 5.75 Å². The van der Waals surface area contributed by atoms with E-state index in [4.69, 9.17) is 4.74 Å². The van der Waals surface area contributed by atoms with E-state index in [-0.39, 0.29) is 0 Å². The van der Waals surface area contributed by atoms with E-state index in [1.807, 2.05) is 0 Å². The van der Waals surface area contributed by atoms with Crippen molar-refractivity contribution in [2.45, 2.75) is 45.1 Å². The zero-order chi connectivity index (χ0) is 16.4. The van der Waals surface area contributed by atoms with E-state index in [9.17, 15) is 0 Å². The Morgan fingerprint density at radius 3 is 3.00 bits per heavy atom. The van der Waals surface area contributed by atoms with Crippen LogP contribution in [0.4, 0.5) is 0 Å². The lowest BCUT2D eigenvalue weighted by molar-refractivity contribution is -0.0540. The van der Waals surface area contributed by atoms with Crippen molar-refractivity contribution in [2.75, 3.05) is 20.2 Å². The van der Waals surface area contributed by atoms with Crippen molar-refractivity contribution in [2.24, 2.45) is 17.8 Å². The van der Waals surface area contributed by atoms with E-state index in [0.717, 1.165) is 29.5 Å². The van der Waals surface area contributed by atoms with E-state index in [0.29, 0.717) is 5.92 Å². The largest absolute Gasteiger partial charge is 0.497 e. The molecule has 1 aromatic carbocycles. The van der Waals surface area contributed by atoms with Crippen LogP contribution in [0.5, 0.6) is 5.75 Å². The molecule has 6 atom stereocenters. The normalized spacial score (nSPS) is 37.3. The molecule has 3 heteroatoms. The smallest absolute Gasteiger partial charge is 0.119 e. The molecule has 1 saturated carbocycles. The van der Waals surface area contributed by atoms with Crippen LogP contribution in [0.15, 0.2) is 18.2 Å². The van der Waals surface area contributed by atoms with E-state index >= 15 is 0 Å². The lowest BCUT2D eigenvalue weighted by atomic mass is 9.60. The van der Waals surface area contributed by atoms with Gasteiger partial charge >= 0.3 is 0 Å². The van der Waals surface area contributed by atoms with Crippen molar-refractivity contribution in [3.63, 3.8) is 0 Å². The van der Waals surface area contributed by atoms with Gasteiger partial charge < -0.3 is 9.72 Å². The van der Waals surface area contributed by atoms with Crippen molar-refractivity contribution >= 4 is 10.9 Å². The predicted octanol–water partition coefficient (Wildman–Crippen LogP) is 4.18. The molecule has 3 fully saturated rings. The van der Waals surface area contributed by atoms with Gasteiger partial charge in [-0.05, 0) is 54.4 Å². The topological polar surface area (TPSA) is 28.3 Å². The number of aromatic nitrogens is 1. The number of hydrogen-bond acceptors (Lipinski definition) is 2. The Bertz CT molecular complexity index is 779. The molecule has 4 heterocycles. The van der Waals surface area contributed by atoms with E-state index in [1.54, 1.807) is 18.4 Å². The molecule has 0 radical (unpaired) electrons. The van der Waals surface area contributed by atoms with Gasteiger partial charge in [-0.2, -0.15) is 0 Å². The number of nitrogens with one attached hydrogen (secondary N) is 1. The van der Waals surface area contributed by atoms with Gasteiger partial charge in [0.2, 0.25) is 0 Å². The molecule has 1 N–H and O–H groups in total. The van der Waals surface area contributed by atoms with Crippen LogP contribution in [-0.4, -0.2) is 36.1 Å². The quantitative estimate of drug-likeness (QED) is 0.897. The minimum absolute atomic E-state index is 0.695. The van der Waals surface area contributed by atoms with Crippen LogP contribution in [0.1, 0.15) is 43.9 Å². The number of rotatable bonds is 2. The van der Waals surface area contributed by atoms with Crippen LogP contribution in [0.3, 0.4) is 0 Å². The highest BCUT2D eigenvalue weighted by Gasteiger charge is 2.51. The first-order valence-electron chi connectivity index (χ1n) is 9.63. The highest BCUT2D eigenvalue weighted by atomic mass is 16.5. The molecule has 1 aromatic heterocycles. The summed E-state index contributed by atoms with van der Waals surface area (Å²) in [5.74, 6) is 4.28. The van der Waals surface area contributed by atoms with Crippen molar-refractivity contribution in [3.05, 3.63) is 29.5 Å². The maximum Gasteiger partial charge on any atom is 0.119 e. The number of aromatic amines is 1. The van der Waals surface area contributed by atoms with Gasteiger partial charge in [-0.25, -0.2) is 0 Å². The van der Waals surface area contributed by atoms with Crippen LogP contribution >= 0.6 is 0 Å². The molecule has 1 aliphatic carbocycles. The second kappa shape index (κ2) is 5.26. The zero-order valence-corrected chi connectivity index (χ0v) is 15.0. The molecule has 3 aliphatic heterocycles. The van der Waals surface area contributed by atoms with Crippen molar-refractivity contribution in [1.29, 1.82) is 0 Å². The number of nitrogens with zero attached hydrogens (tertiary/aromatic N) is 1. The first-order valence-corrected chi connectivity index (χ1v) is 9.63. The monoisotopic (exact) mass is 324 g/mol. The first kappa shape index (κ1) is 14.8. The van der Waals surface area contributed by atoms with Crippen LogP contribution < -0.4 is 4.74 Å². The molecule has 24 heavy (non-hydrogen) atoms. The molecule has 6 rings (SSSR count). The first-order chi connectivity index (χ1) is 11.7. The summed E-state index contributed by atoms with van der Waals surface area (Å²) >= 11 is 0. The maximum absolute atomic E-state index is 5.47. The Kier molecular flexibility index (Phi) is 3.25. The van der Waals surface area contributed by atoms with Gasteiger partial charge in [0.05, 0.1) is 7.11 Å². The predicted molar refractivity (Wildman–Crippen MR) is 97.7 cm³/mol. The number of methoxy groups -OCH3 is 1. The van der Waals surface area contributed by atoms with Crippen LogP contribution in [0.2, 0.25) is 0 Å². The molecule has 2 aromatic rings. The second-order valence-electron chi connectivity index (χ2n) is 8.20. The number of piperidine rings is 2. The Hall–Kier alpha value is -1.48. The summed E-state index contributed by atoms with van der Waals surface area (Å²) in [6.45, 7) is 7.45. The summed E-state index contributed by atoms with van der Waals surface area (Å²) in [5, 5.41) is 1.38. The minimum atomic E-state index is 0.695. The Morgan fingerprint density at radius 2 is 2.21 bits per heavy atom. The summed E-state index contributed by atoms with van der Waals surface area (Å²) in [6, 6.07) is 7.25. The fraction of sp³-hybridized carbons (Fsp3) is 0.619. The van der Waals surface area contributed by atoms with Gasteiger partial charge in [-0.15, -0.1) is 0 Å². The number of hydrogen-bond donors (Lipinski definition) is 1. The summed E-state index contributed by atoms with van der Waals surface area (Å²) in [7, 11) is 1.76. The number of ether oxygens (including phenoxy) is 1. The molecule has 4 aliphatic rings. The third kappa shape index (κ3) is 1.88. The third-order valence-electron chi connectivity index (χ3n) is 7.35. The van der Waals surface area contributed by atoms with Crippen LogP contribution in [0, 0.1) is 17.8 Å². The molecule has 2 saturated heterocycles. The van der Waals surface area contributed by atoms with Gasteiger partial charge in [0.25, 0.3) is 0 Å². The van der Waals surface area contributed by atoms with Crippen molar-refractivity contribution in [1.82, 2.24) is 9.88 Å². The third-order valence-corrected chi connectivity index (χ3v) is 7.35. The highest BCUT2D eigenvalue weighted by Crippen LogP contribution is 2.53. The number of benzene rings is 1. The fourth-order valence-corrected chi connectivity index (χ4v) is 6.19.